The van der Waals surface area contributed by atoms with E-state index in [0.29, 0.717) is 6.54 Å². The van der Waals surface area contributed by atoms with Gasteiger partial charge in [-0.2, -0.15) is 0 Å². The minimum Gasteiger partial charge on any atom is -0.358 e. The van der Waals surface area contributed by atoms with E-state index in [9.17, 15) is 4.79 Å². The number of fused-ring (bicyclic) bond motifs is 2. The summed E-state index contributed by atoms with van der Waals surface area (Å²) in [6.45, 7) is 6.70. The van der Waals surface area contributed by atoms with E-state index in [0.717, 1.165) is 26.3 Å². The zero-order chi connectivity index (χ0) is 19.8. The molecule has 0 unspecified atom stereocenters. The van der Waals surface area contributed by atoms with Crippen molar-refractivity contribution in [2.75, 3.05) is 7.05 Å². The van der Waals surface area contributed by atoms with Gasteiger partial charge in [0.15, 0.2) is 0 Å². The molecule has 0 saturated carbocycles. The molecule has 1 atom stereocenters. The van der Waals surface area contributed by atoms with Gasteiger partial charge in [-0.05, 0) is 56.2 Å². The predicted molar refractivity (Wildman–Crippen MR) is 116 cm³/mol. The molecule has 0 radical (unpaired) electrons. The van der Waals surface area contributed by atoms with Gasteiger partial charge in [0, 0.05) is 30.2 Å². The van der Waals surface area contributed by atoms with Gasteiger partial charge < -0.3 is 15.2 Å². The second-order valence-corrected chi connectivity index (χ2v) is 8.28. The van der Waals surface area contributed by atoms with Crippen LogP contribution in [-0.4, -0.2) is 27.9 Å². The Hall–Kier alpha value is -2.86. The standard InChI is InChI=1S/C22H24N4OS/c1-13-14(2)24-18-10-9-16(11-17(13)18)12-23-22(27)26(4)15(3)21-25-19-7-5-6-8-20(19)28-21/h5-11,15,24H,12H2,1-4H3,(H,23,27)/t15-/m0/s1. The van der Waals surface area contributed by atoms with E-state index in [1.165, 1.54) is 16.6 Å². The maximum absolute atomic E-state index is 12.7. The molecule has 2 aromatic heterocycles. The van der Waals surface area contributed by atoms with Gasteiger partial charge in [-0.3, -0.25) is 0 Å². The first-order valence-corrected chi connectivity index (χ1v) is 10.2. The van der Waals surface area contributed by atoms with Crippen LogP contribution in [0.5, 0.6) is 0 Å². The number of amides is 2. The Bertz CT molecular complexity index is 1130. The number of urea groups is 1. The number of carbonyl (C=O) groups excluding carboxylic acids is 1. The van der Waals surface area contributed by atoms with Gasteiger partial charge in [0.05, 0.1) is 16.3 Å². The van der Waals surface area contributed by atoms with Crippen LogP contribution >= 0.6 is 11.3 Å². The van der Waals surface area contributed by atoms with E-state index < -0.39 is 0 Å². The van der Waals surface area contributed by atoms with Crippen LogP contribution in [0.4, 0.5) is 4.79 Å². The predicted octanol–water partition coefficient (Wildman–Crippen LogP) is 5.30. The van der Waals surface area contributed by atoms with Gasteiger partial charge in [-0.25, -0.2) is 9.78 Å². The quantitative estimate of drug-likeness (QED) is 0.495. The monoisotopic (exact) mass is 392 g/mol. The lowest BCUT2D eigenvalue weighted by Crippen LogP contribution is -2.38. The summed E-state index contributed by atoms with van der Waals surface area (Å²) in [5.41, 5.74) is 5.63. The van der Waals surface area contributed by atoms with Crippen molar-refractivity contribution in [2.24, 2.45) is 0 Å². The summed E-state index contributed by atoms with van der Waals surface area (Å²) in [7, 11) is 1.81. The largest absolute Gasteiger partial charge is 0.358 e. The maximum Gasteiger partial charge on any atom is 0.317 e. The molecule has 0 aliphatic heterocycles. The number of aromatic nitrogens is 2. The summed E-state index contributed by atoms with van der Waals surface area (Å²) in [6.07, 6.45) is 0. The van der Waals surface area contributed by atoms with Crippen molar-refractivity contribution in [3.8, 4) is 0 Å². The van der Waals surface area contributed by atoms with Crippen molar-refractivity contribution in [2.45, 2.75) is 33.4 Å². The summed E-state index contributed by atoms with van der Waals surface area (Å²) in [6, 6.07) is 14.1. The van der Waals surface area contributed by atoms with Crippen LogP contribution in [0.2, 0.25) is 0 Å². The molecule has 144 valence electrons. The van der Waals surface area contributed by atoms with E-state index in [1.54, 1.807) is 16.2 Å². The average Bonchev–Trinajstić information content (AvgIpc) is 3.26. The lowest BCUT2D eigenvalue weighted by molar-refractivity contribution is 0.194. The van der Waals surface area contributed by atoms with Crippen LogP contribution in [0.15, 0.2) is 42.5 Å². The first-order valence-electron chi connectivity index (χ1n) is 9.38. The third kappa shape index (κ3) is 3.36. The van der Waals surface area contributed by atoms with Gasteiger partial charge in [0.2, 0.25) is 0 Å². The smallest absolute Gasteiger partial charge is 0.317 e. The molecule has 2 amide bonds. The van der Waals surface area contributed by atoms with Crippen molar-refractivity contribution < 1.29 is 4.79 Å². The van der Waals surface area contributed by atoms with Gasteiger partial charge in [0.25, 0.3) is 0 Å². The lowest BCUT2D eigenvalue weighted by atomic mass is 10.1. The van der Waals surface area contributed by atoms with Gasteiger partial charge >= 0.3 is 6.03 Å². The van der Waals surface area contributed by atoms with E-state index >= 15 is 0 Å². The highest BCUT2D eigenvalue weighted by atomic mass is 32.1. The zero-order valence-electron chi connectivity index (χ0n) is 16.5. The van der Waals surface area contributed by atoms with Crippen molar-refractivity contribution >= 4 is 38.5 Å². The molecule has 2 aromatic carbocycles. The number of para-hydroxylation sites is 1. The number of nitrogens with zero attached hydrogens (tertiary/aromatic N) is 2. The van der Waals surface area contributed by atoms with Crippen molar-refractivity contribution in [3.05, 3.63) is 64.3 Å². The molecular weight excluding hydrogens is 368 g/mol. The molecule has 2 N–H and O–H groups in total. The van der Waals surface area contributed by atoms with Crippen molar-refractivity contribution in [1.82, 2.24) is 20.2 Å². The summed E-state index contributed by atoms with van der Waals surface area (Å²) in [5, 5.41) is 5.18. The third-order valence-electron chi connectivity index (χ3n) is 5.39. The van der Waals surface area contributed by atoms with Crippen LogP contribution in [0.25, 0.3) is 21.1 Å². The molecule has 2 heterocycles. The highest BCUT2D eigenvalue weighted by molar-refractivity contribution is 7.18. The molecule has 6 heteroatoms. The molecule has 4 aromatic rings. The maximum atomic E-state index is 12.7. The Morgan fingerprint density at radius 2 is 2.04 bits per heavy atom. The fourth-order valence-electron chi connectivity index (χ4n) is 3.33. The van der Waals surface area contributed by atoms with E-state index in [1.807, 2.05) is 32.2 Å². The second kappa shape index (κ2) is 7.28. The molecule has 4 rings (SSSR count). The van der Waals surface area contributed by atoms with Crippen LogP contribution in [0.3, 0.4) is 0 Å². The van der Waals surface area contributed by atoms with Gasteiger partial charge in [-0.15, -0.1) is 11.3 Å². The van der Waals surface area contributed by atoms with E-state index in [-0.39, 0.29) is 12.1 Å². The van der Waals surface area contributed by atoms with Crippen LogP contribution in [0, 0.1) is 13.8 Å². The Kier molecular flexibility index (Phi) is 4.81. The van der Waals surface area contributed by atoms with E-state index in [2.05, 4.69) is 53.4 Å². The second-order valence-electron chi connectivity index (χ2n) is 7.22. The van der Waals surface area contributed by atoms with Gasteiger partial charge in [0.1, 0.15) is 5.01 Å². The molecule has 0 fully saturated rings. The molecule has 28 heavy (non-hydrogen) atoms. The number of rotatable bonds is 4. The Morgan fingerprint density at radius 1 is 1.25 bits per heavy atom. The average molecular weight is 393 g/mol. The lowest BCUT2D eigenvalue weighted by Gasteiger charge is -2.23. The molecule has 0 aliphatic rings. The normalized spacial score (nSPS) is 12.4. The molecule has 0 bridgehead atoms. The summed E-state index contributed by atoms with van der Waals surface area (Å²) in [4.78, 5) is 22.4. The fraction of sp³-hybridized carbons (Fsp3) is 0.273. The van der Waals surface area contributed by atoms with Crippen LogP contribution in [0.1, 0.15) is 34.8 Å². The highest BCUT2D eigenvalue weighted by Crippen LogP contribution is 2.29. The summed E-state index contributed by atoms with van der Waals surface area (Å²) < 4.78 is 1.14. The third-order valence-corrected chi connectivity index (χ3v) is 6.59. The minimum absolute atomic E-state index is 0.0885. The number of aryl methyl sites for hydroxylation is 2. The summed E-state index contributed by atoms with van der Waals surface area (Å²) >= 11 is 1.63. The topological polar surface area (TPSA) is 61.0 Å². The molecule has 5 nitrogen and oxygen atoms in total. The summed E-state index contributed by atoms with van der Waals surface area (Å²) in [5.74, 6) is 0. The molecule has 0 spiro atoms. The van der Waals surface area contributed by atoms with Crippen LogP contribution < -0.4 is 5.32 Å². The number of aromatic amines is 1. The first-order chi connectivity index (χ1) is 13.4. The van der Waals surface area contributed by atoms with Crippen molar-refractivity contribution in [3.63, 3.8) is 0 Å². The number of thiazole rings is 1. The van der Waals surface area contributed by atoms with E-state index in [4.69, 9.17) is 0 Å². The zero-order valence-corrected chi connectivity index (χ0v) is 17.4. The number of nitrogens with one attached hydrogen (secondary N) is 2. The highest BCUT2D eigenvalue weighted by Gasteiger charge is 2.20. The minimum atomic E-state index is -0.103. The Labute approximate surface area is 168 Å². The molecule has 0 aliphatic carbocycles. The number of carbonyl (C=O) groups is 1. The molecule has 0 saturated heterocycles. The van der Waals surface area contributed by atoms with Crippen LogP contribution in [-0.2, 0) is 6.54 Å². The number of H-pyrrole nitrogens is 1. The number of benzene rings is 2. The van der Waals surface area contributed by atoms with Gasteiger partial charge in [-0.1, -0.05) is 18.2 Å². The number of hydrogen-bond donors (Lipinski definition) is 2. The molecular formula is C22H24N4OS. The Balaban J connectivity index is 1.44. The fourth-order valence-corrected chi connectivity index (χ4v) is 4.39. The Morgan fingerprint density at radius 3 is 2.82 bits per heavy atom. The SMILES string of the molecule is Cc1[nH]c2ccc(CNC(=O)N(C)[C@@H](C)c3nc4ccccc4s3)cc2c1C. The first kappa shape index (κ1) is 18.5. The van der Waals surface area contributed by atoms with Crippen molar-refractivity contribution in [1.29, 1.82) is 0 Å². The number of hydrogen-bond acceptors (Lipinski definition) is 3.